The van der Waals surface area contributed by atoms with Crippen molar-refractivity contribution in [1.29, 1.82) is 5.26 Å². The second-order valence-electron chi connectivity index (χ2n) is 3.83. The van der Waals surface area contributed by atoms with E-state index in [1.807, 2.05) is 30.3 Å². The van der Waals surface area contributed by atoms with Crippen LogP contribution in [0, 0.1) is 11.3 Å². The Kier molecular flexibility index (Phi) is 4.54. The lowest BCUT2D eigenvalue weighted by Gasteiger charge is -2.00. The summed E-state index contributed by atoms with van der Waals surface area (Å²) in [6, 6.07) is 16.7. The first-order valence-electron chi connectivity index (χ1n) is 5.68. The lowest BCUT2D eigenvalue weighted by Crippen LogP contribution is -1.90. The quantitative estimate of drug-likeness (QED) is 0.627. The van der Waals surface area contributed by atoms with Gasteiger partial charge in [-0.2, -0.15) is 5.26 Å². The van der Waals surface area contributed by atoms with E-state index in [0.717, 1.165) is 11.1 Å². The lowest BCUT2D eigenvalue weighted by molar-refractivity contribution is 0.132. The van der Waals surface area contributed by atoms with Crippen LogP contribution in [0.5, 0.6) is 0 Å². The first kappa shape index (κ1) is 13.1. The van der Waals surface area contributed by atoms with Crippen LogP contribution in [0.2, 0.25) is 5.02 Å². The van der Waals surface area contributed by atoms with Gasteiger partial charge in [-0.1, -0.05) is 47.1 Å². The van der Waals surface area contributed by atoms with E-state index in [9.17, 15) is 0 Å². The highest BCUT2D eigenvalue weighted by molar-refractivity contribution is 6.30. The summed E-state index contributed by atoms with van der Waals surface area (Å²) in [5, 5.41) is 13.5. The highest BCUT2D eigenvalue weighted by Gasteiger charge is 1.97. The Morgan fingerprint density at radius 3 is 2.63 bits per heavy atom. The second kappa shape index (κ2) is 6.58. The first-order valence-corrected chi connectivity index (χ1v) is 6.06. The molecule has 0 fully saturated rings. The molecular formula is C15H11ClN2O. The van der Waals surface area contributed by atoms with E-state index >= 15 is 0 Å². The molecule has 0 amide bonds. The van der Waals surface area contributed by atoms with Gasteiger partial charge in [0.1, 0.15) is 6.61 Å². The molecule has 4 heteroatoms. The van der Waals surface area contributed by atoms with Gasteiger partial charge in [-0.05, 0) is 23.8 Å². The zero-order valence-electron chi connectivity index (χ0n) is 10.1. The number of halogens is 1. The molecule has 0 aliphatic carbocycles. The van der Waals surface area contributed by atoms with Crippen molar-refractivity contribution in [2.75, 3.05) is 0 Å². The molecular weight excluding hydrogens is 260 g/mol. The Balaban J connectivity index is 1.94. The maximum atomic E-state index is 8.91. The number of nitrogens with zero attached hydrogens (tertiary/aromatic N) is 2. The molecule has 2 rings (SSSR count). The van der Waals surface area contributed by atoms with Crippen molar-refractivity contribution in [2.45, 2.75) is 6.61 Å². The molecule has 0 aliphatic rings. The third-order valence-corrected chi connectivity index (χ3v) is 2.74. The fourth-order valence-electron chi connectivity index (χ4n) is 1.50. The van der Waals surface area contributed by atoms with Gasteiger partial charge in [0.25, 0.3) is 0 Å². The number of hydrogen-bond donors (Lipinski definition) is 0. The van der Waals surface area contributed by atoms with E-state index in [1.165, 1.54) is 6.21 Å². The minimum Gasteiger partial charge on any atom is -0.391 e. The normalized spacial score (nSPS) is 10.3. The predicted molar refractivity (Wildman–Crippen MR) is 75.0 cm³/mol. The minimum atomic E-state index is 0.363. The topological polar surface area (TPSA) is 45.4 Å². The fraction of sp³-hybridized carbons (Fsp3) is 0.0667. The zero-order valence-corrected chi connectivity index (χ0v) is 10.8. The molecule has 2 aromatic carbocycles. The van der Waals surface area contributed by atoms with Crippen LogP contribution in [0.15, 0.2) is 53.7 Å². The SMILES string of the molecule is N#Cc1ccccc1C=NOCc1ccc(Cl)cc1. The molecule has 0 radical (unpaired) electrons. The van der Waals surface area contributed by atoms with Gasteiger partial charge in [0.15, 0.2) is 0 Å². The van der Waals surface area contributed by atoms with Gasteiger partial charge in [-0.15, -0.1) is 0 Å². The average Bonchev–Trinajstić information content (AvgIpc) is 2.46. The van der Waals surface area contributed by atoms with Crippen LogP contribution in [0.4, 0.5) is 0 Å². The smallest absolute Gasteiger partial charge is 0.142 e. The molecule has 0 N–H and O–H groups in total. The van der Waals surface area contributed by atoms with Crippen LogP contribution in [0.25, 0.3) is 0 Å². The Hall–Kier alpha value is -2.31. The van der Waals surface area contributed by atoms with Crippen molar-refractivity contribution in [2.24, 2.45) is 5.16 Å². The van der Waals surface area contributed by atoms with Gasteiger partial charge < -0.3 is 4.84 Å². The first-order chi connectivity index (χ1) is 9.29. The van der Waals surface area contributed by atoms with Crippen LogP contribution in [0.1, 0.15) is 16.7 Å². The van der Waals surface area contributed by atoms with Gasteiger partial charge >= 0.3 is 0 Å². The summed E-state index contributed by atoms with van der Waals surface area (Å²) in [7, 11) is 0. The van der Waals surface area contributed by atoms with E-state index in [2.05, 4.69) is 11.2 Å². The molecule has 0 heterocycles. The minimum absolute atomic E-state index is 0.363. The van der Waals surface area contributed by atoms with Gasteiger partial charge in [0.2, 0.25) is 0 Å². The average molecular weight is 271 g/mol. The Labute approximate surface area is 116 Å². The molecule has 94 valence electrons. The highest BCUT2D eigenvalue weighted by Crippen LogP contribution is 2.10. The molecule has 0 bridgehead atoms. The van der Waals surface area contributed by atoms with Gasteiger partial charge in [-0.3, -0.25) is 0 Å². The summed E-state index contributed by atoms with van der Waals surface area (Å²) in [5.74, 6) is 0. The lowest BCUT2D eigenvalue weighted by atomic mass is 10.1. The summed E-state index contributed by atoms with van der Waals surface area (Å²) >= 11 is 5.79. The van der Waals surface area contributed by atoms with Crippen LogP contribution in [0.3, 0.4) is 0 Å². The van der Waals surface area contributed by atoms with E-state index in [-0.39, 0.29) is 0 Å². The second-order valence-corrected chi connectivity index (χ2v) is 4.27. The molecule has 19 heavy (non-hydrogen) atoms. The molecule has 3 nitrogen and oxygen atoms in total. The van der Waals surface area contributed by atoms with Crippen LogP contribution < -0.4 is 0 Å². The zero-order chi connectivity index (χ0) is 13.5. The molecule has 0 aromatic heterocycles. The number of hydrogen-bond acceptors (Lipinski definition) is 3. The molecule has 0 atom stereocenters. The monoisotopic (exact) mass is 270 g/mol. The molecule has 0 spiro atoms. The summed E-state index contributed by atoms with van der Waals surface area (Å²) in [6.07, 6.45) is 1.54. The van der Waals surface area contributed by atoms with E-state index in [1.54, 1.807) is 18.2 Å². The predicted octanol–water partition coefficient (Wildman–Crippen LogP) is 3.76. The van der Waals surface area contributed by atoms with Gasteiger partial charge in [0, 0.05) is 10.6 Å². The Morgan fingerprint density at radius 1 is 1.16 bits per heavy atom. The van der Waals surface area contributed by atoms with Crippen molar-refractivity contribution in [3.8, 4) is 6.07 Å². The van der Waals surface area contributed by atoms with Crippen molar-refractivity contribution < 1.29 is 4.84 Å². The fourth-order valence-corrected chi connectivity index (χ4v) is 1.62. The third-order valence-electron chi connectivity index (χ3n) is 2.49. The molecule has 0 saturated carbocycles. The standard InChI is InChI=1S/C15H11ClN2O/c16-15-7-5-12(6-8-15)11-19-18-10-14-4-2-1-3-13(14)9-17/h1-8,10H,11H2. The van der Waals surface area contributed by atoms with Gasteiger partial charge in [0.05, 0.1) is 17.8 Å². The molecule has 0 unspecified atom stereocenters. The summed E-state index contributed by atoms with van der Waals surface area (Å²) < 4.78 is 0. The van der Waals surface area contributed by atoms with E-state index in [0.29, 0.717) is 17.2 Å². The van der Waals surface area contributed by atoms with E-state index < -0.39 is 0 Å². The maximum absolute atomic E-state index is 8.91. The highest BCUT2D eigenvalue weighted by atomic mass is 35.5. The summed E-state index contributed by atoms with van der Waals surface area (Å²) in [6.45, 7) is 0.363. The summed E-state index contributed by atoms with van der Waals surface area (Å²) in [4.78, 5) is 5.18. The van der Waals surface area contributed by atoms with Crippen molar-refractivity contribution in [3.05, 3.63) is 70.2 Å². The van der Waals surface area contributed by atoms with Crippen molar-refractivity contribution >= 4 is 17.8 Å². The number of oxime groups is 1. The molecule has 0 aliphatic heterocycles. The summed E-state index contributed by atoms with van der Waals surface area (Å²) in [5.41, 5.74) is 2.29. The largest absolute Gasteiger partial charge is 0.391 e. The van der Waals surface area contributed by atoms with E-state index in [4.69, 9.17) is 21.7 Å². The van der Waals surface area contributed by atoms with Crippen LogP contribution in [-0.2, 0) is 11.4 Å². The molecule has 2 aromatic rings. The number of benzene rings is 2. The maximum Gasteiger partial charge on any atom is 0.142 e. The number of rotatable bonds is 4. The van der Waals surface area contributed by atoms with Gasteiger partial charge in [-0.25, -0.2) is 0 Å². The Morgan fingerprint density at radius 2 is 1.89 bits per heavy atom. The Bertz CT molecular complexity index is 615. The number of nitriles is 1. The van der Waals surface area contributed by atoms with Crippen LogP contribution in [-0.4, -0.2) is 6.21 Å². The van der Waals surface area contributed by atoms with Crippen molar-refractivity contribution in [3.63, 3.8) is 0 Å². The molecule has 0 saturated heterocycles. The van der Waals surface area contributed by atoms with Crippen LogP contribution >= 0.6 is 11.6 Å². The van der Waals surface area contributed by atoms with Crippen molar-refractivity contribution in [1.82, 2.24) is 0 Å². The third kappa shape index (κ3) is 3.84.